The summed E-state index contributed by atoms with van der Waals surface area (Å²) in [4.78, 5) is 14.2. The zero-order valence-corrected chi connectivity index (χ0v) is 14.3. The van der Waals surface area contributed by atoms with Crippen molar-refractivity contribution in [3.05, 3.63) is 59.1 Å². The number of para-hydroxylation sites is 1. The first-order chi connectivity index (χ1) is 11.2. The van der Waals surface area contributed by atoms with Crippen LogP contribution in [0.4, 0.5) is 5.69 Å². The molecular weight excluding hydrogens is 330 g/mol. The highest BCUT2D eigenvalue weighted by atomic mass is 35.5. The fraction of sp³-hybridized carbons (Fsp3) is 0.278. The molecule has 0 atom stereocenters. The van der Waals surface area contributed by atoms with Gasteiger partial charge >= 0.3 is 0 Å². The van der Waals surface area contributed by atoms with Crippen molar-refractivity contribution in [2.45, 2.75) is 6.42 Å². The summed E-state index contributed by atoms with van der Waals surface area (Å²) in [5, 5.41) is 0.697. The summed E-state index contributed by atoms with van der Waals surface area (Å²) in [6.45, 7) is 1.37. The minimum absolute atomic E-state index is 0.173. The molecule has 23 heavy (non-hydrogen) atoms. The summed E-state index contributed by atoms with van der Waals surface area (Å²) in [6.07, 6.45) is 0.951. The van der Waals surface area contributed by atoms with Crippen molar-refractivity contribution in [3.8, 4) is 5.75 Å². The highest BCUT2D eigenvalue weighted by molar-refractivity contribution is 7.99. The van der Waals surface area contributed by atoms with Crippen molar-refractivity contribution in [1.29, 1.82) is 0 Å². The summed E-state index contributed by atoms with van der Waals surface area (Å²) in [5.41, 5.74) is 2.33. The Balaban J connectivity index is 1.39. The van der Waals surface area contributed by atoms with Crippen LogP contribution < -0.4 is 9.64 Å². The lowest BCUT2D eigenvalue weighted by atomic mass is 10.2. The average molecular weight is 348 g/mol. The predicted octanol–water partition coefficient (Wildman–Crippen LogP) is 4.04. The van der Waals surface area contributed by atoms with Crippen LogP contribution in [0.1, 0.15) is 5.56 Å². The molecule has 2 aromatic carbocycles. The Morgan fingerprint density at radius 1 is 1.17 bits per heavy atom. The number of benzene rings is 2. The van der Waals surface area contributed by atoms with E-state index in [0.29, 0.717) is 17.4 Å². The Labute approximate surface area is 145 Å². The van der Waals surface area contributed by atoms with Crippen molar-refractivity contribution in [3.63, 3.8) is 0 Å². The van der Waals surface area contributed by atoms with Gasteiger partial charge in [-0.05, 0) is 42.3 Å². The van der Waals surface area contributed by atoms with Gasteiger partial charge in [-0.1, -0.05) is 29.8 Å². The van der Waals surface area contributed by atoms with E-state index in [1.807, 2.05) is 35.2 Å². The zero-order chi connectivity index (χ0) is 16.1. The van der Waals surface area contributed by atoms with Gasteiger partial charge in [-0.25, -0.2) is 0 Å². The van der Waals surface area contributed by atoms with E-state index < -0.39 is 0 Å². The van der Waals surface area contributed by atoms with Crippen LogP contribution in [-0.2, 0) is 11.2 Å². The van der Waals surface area contributed by atoms with E-state index in [-0.39, 0.29) is 5.91 Å². The Morgan fingerprint density at radius 3 is 2.78 bits per heavy atom. The molecule has 0 N–H and O–H groups in total. The molecule has 0 aliphatic carbocycles. The van der Waals surface area contributed by atoms with Crippen LogP contribution in [0.15, 0.2) is 48.5 Å². The average Bonchev–Trinajstić information content (AvgIpc) is 3.00. The van der Waals surface area contributed by atoms with Gasteiger partial charge in [-0.15, -0.1) is 11.8 Å². The molecule has 0 saturated heterocycles. The van der Waals surface area contributed by atoms with Crippen LogP contribution in [0, 0.1) is 0 Å². The fourth-order valence-corrected chi connectivity index (χ4v) is 3.39. The second-order valence-electron chi connectivity index (χ2n) is 5.28. The van der Waals surface area contributed by atoms with E-state index in [2.05, 4.69) is 6.07 Å². The lowest BCUT2D eigenvalue weighted by Crippen LogP contribution is -2.30. The molecule has 2 aromatic rings. The number of amides is 1. The molecule has 5 heteroatoms. The maximum absolute atomic E-state index is 12.3. The van der Waals surface area contributed by atoms with Crippen molar-refractivity contribution in [2.75, 3.05) is 29.6 Å². The van der Waals surface area contributed by atoms with Gasteiger partial charge in [0.05, 0.1) is 12.4 Å². The van der Waals surface area contributed by atoms with Gasteiger partial charge in [0.2, 0.25) is 5.91 Å². The Bertz CT molecular complexity index is 675. The Hall–Kier alpha value is -1.65. The summed E-state index contributed by atoms with van der Waals surface area (Å²) in [6, 6.07) is 15.4. The van der Waals surface area contributed by atoms with Crippen molar-refractivity contribution >= 4 is 35.0 Å². The lowest BCUT2D eigenvalue weighted by molar-refractivity contribution is -0.116. The minimum Gasteiger partial charge on any atom is -0.493 e. The number of halogens is 1. The van der Waals surface area contributed by atoms with Crippen LogP contribution in [-0.4, -0.2) is 30.6 Å². The third-order valence-electron chi connectivity index (χ3n) is 3.72. The van der Waals surface area contributed by atoms with E-state index in [0.717, 1.165) is 30.2 Å². The molecule has 0 radical (unpaired) electrons. The van der Waals surface area contributed by atoms with Gasteiger partial charge in [0.15, 0.2) is 0 Å². The van der Waals surface area contributed by atoms with E-state index in [1.54, 1.807) is 23.9 Å². The third-order valence-corrected chi connectivity index (χ3v) is 4.88. The van der Waals surface area contributed by atoms with Crippen LogP contribution in [0.25, 0.3) is 0 Å². The fourth-order valence-electron chi connectivity index (χ4n) is 2.58. The minimum atomic E-state index is 0.173. The quantitative estimate of drug-likeness (QED) is 0.738. The number of carbonyl (C=O) groups excluding carboxylic acids is 1. The van der Waals surface area contributed by atoms with Gasteiger partial charge in [-0.2, -0.15) is 0 Å². The number of ether oxygens (including phenoxy) is 1. The number of carbonyl (C=O) groups is 1. The van der Waals surface area contributed by atoms with Gasteiger partial charge in [0, 0.05) is 23.0 Å². The normalized spacial score (nSPS) is 13.0. The molecule has 0 bridgehead atoms. The summed E-state index contributed by atoms with van der Waals surface area (Å²) in [7, 11) is 0. The largest absolute Gasteiger partial charge is 0.493 e. The highest BCUT2D eigenvalue weighted by Gasteiger charge is 2.23. The van der Waals surface area contributed by atoms with Gasteiger partial charge in [0.25, 0.3) is 0 Å². The Kier molecular flexibility index (Phi) is 5.47. The molecule has 0 unspecified atom stereocenters. The molecule has 3 rings (SSSR count). The zero-order valence-electron chi connectivity index (χ0n) is 12.7. The van der Waals surface area contributed by atoms with E-state index in [9.17, 15) is 4.79 Å². The smallest absolute Gasteiger partial charge is 0.236 e. The number of anilines is 1. The maximum atomic E-state index is 12.3. The molecule has 0 fully saturated rings. The molecule has 1 heterocycles. The first-order valence-electron chi connectivity index (χ1n) is 7.58. The van der Waals surface area contributed by atoms with E-state index in [1.165, 1.54) is 5.56 Å². The number of nitrogens with zero attached hydrogens (tertiary/aromatic N) is 1. The molecule has 1 aliphatic rings. The molecule has 0 saturated carbocycles. The summed E-state index contributed by atoms with van der Waals surface area (Å²) < 4.78 is 5.62. The summed E-state index contributed by atoms with van der Waals surface area (Å²) >= 11 is 7.43. The summed E-state index contributed by atoms with van der Waals surface area (Å²) in [5.74, 6) is 2.24. The first-order valence-corrected chi connectivity index (χ1v) is 9.12. The molecule has 0 spiro atoms. The third kappa shape index (κ3) is 4.21. The molecular formula is C18H18ClNO2S. The predicted molar refractivity (Wildman–Crippen MR) is 96.8 cm³/mol. The van der Waals surface area contributed by atoms with Crippen molar-refractivity contribution in [1.82, 2.24) is 0 Å². The second-order valence-corrected chi connectivity index (χ2v) is 6.82. The highest BCUT2D eigenvalue weighted by Crippen LogP contribution is 2.27. The molecule has 0 aromatic heterocycles. The first kappa shape index (κ1) is 16.2. The standard InChI is InChI=1S/C18H18ClNO2S/c19-15-5-7-16(8-6-15)22-11-12-23-13-18(21)20-10-9-14-3-1-2-4-17(14)20/h1-8H,9-13H2. The molecule has 1 amide bonds. The Morgan fingerprint density at radius 2 is 1.96 bits per heavy atom. The number of hydrogen-bond acceptors (Lipinski definition) is 3. The molecule has 3 nitrogen and oxygen atoms in total. The van der Waals surface area contributed by atoms with Crippen LogP contribution >= 0.6 is 23.4 Å². The monoisotopic (exact) mass is 347 g/mol. The maximum Gasteiger partial charge on any atom is 0.236 e. The molecule has 120 valence electrons. The number of hydrogen-bond donors (Lipinski definition) is 0. The van der Waals surface area contributed by atoms with Gasteiger partial charge in [-0.3, -0.25) is 4.79 Å². The lowest BCUT2D eigenvalue weighted by Gasteiger charge is -2.17. The molecule has 1 aliphatic heterocycles. The van der Waals surface area contributed by atoms with Crippen LogP contribution in [0.2, 0.25) is 5.02 Å². The topological polar surface area (TPSA) is 29.5 Å². The van der Waals surface area contributed by atoms with E-state index >= 15 is 0 Å². The van der Waals surface area contributed by atoms with Crippen molar-refractivity contribution < 1.29 is 9.53 Å². The van der Waals surface area contributed by atoms with E-state index in [4.69, 9.17) is 16.3 Å². The van der Waals surface area contributed by atoms with Crippen molar-refractivity contribution in [2.24, 2.45) is 0 Å². The SMILES string of the molecule is O=C(CSCCOc1ccc(Cl)cc1)N1CCc2ccccc21. The number of rotatable bonds is 6. The van der Waals surface area contributed by atoms with Crippen LogP contribution in [0.5, 0.6) is 5.75 Å². The van der Waals surface area contributed by atoms with Gasteiger partial charge < -0.3 is 9.64 Å². The second kappa shape index (κ2) is 7.75. The van der Waals surface area contributed by atoms with Crippen LogP contribution in [0.3, 0.4) is 0 Å². The van der Waals surface area contributed by atoms with Gasteiger partial charge in [0.1, 0.15) is 5.75 Å². The number of fused-ring (bicyclic) bond motifs is 1. The number of thioether (sulfide) groups is 1.